The van der Waals surface area contributed by atoms with Crippen molar-refractivity contribution < 1.29 is 4.74 Å². The second-order valence-corrected chi connectivity index (χ2v) is 16.9. The first-order chi connectivity index (χ1) is 32.2. The average Bonchev–Trinajstić information content (AvgIpc) is 3.89. The Kier molecular flexibility index (Phi) is 7.62. The van der Waals surface area contributed by atoms with Gasteiger partial charge in [-0.2, -0.15) is 0 Å². The Morgan fingerprint density at radius 3 is 1.78 bits per heavy atom. The summed E-state index contributed by atoms with van der Waals surface area (Å²) in [6.45, 7) is 0. The normalized spacial score (nSPS) is 12.1. The van der Waals surface area contributed by atoms with Crippen molar-refractivity contribution in [2.24, 2.45) is 0 Å². The molecule has 5 heteroatoms. The van der Waals surface area contributed by atoms with Crippen LogP contribution in [0.25, 0.3) is 122 Å². The first kappa shape index (κ1) is 35.8. The quantitative estimate of drug-likeness (QED) is 0.174. The summed E-state index contributed by atoms with van der Waals surface area (Å²) in [5, 5.41) is 8.03. The molecule has 0 atom stereocenters. The maximum atomic E-state index is 6.60. The van der Waals surface area contributed by atoms with E-state index >= 15 is 0 Å². The van der Waals surface area contributed by atoms with Gasteiger partial charge >= 0.3 is 0 Å². The Morgan fingerprint density at radius 2 is 0.938 bits per heavy atom. The molecule has 0 saturated carbocycles. The average molecular weight is 829 g/mol. The lowest BCUT2D eigenvalue weighted by molar-refractivity contribution is 0.487. The van der Waals surface area contributed by atoms with Crippen LogP contribution in [0.1, 0.15) is 0 Å². The summed E-state index contributed by atoms with van der Waals surface area (Å²) in [5.41, 5.74) is 15.4. The molecule has 0 N–H and O–H groups in total. The molecule has 13 aromatic rings. The summed E-state index contributed by atoms with van der Waals surface area (Å²) in [6, 6.07) is 77.9. The van der Waals surface area contributed by atoms with Crippen LogP contribution in [0.2, 0.25) is 0 Å². The fourth-order valence-electron chi connectivity index (χ4n) is 10.4. The number of ether oxygens (including phenoxy) is 1. The lowest BCUT2D eigenvalue weighted by Crippen LogP contribution is -2.03. The van der Waals surface area contributed by atoms with E-state index in [1.54, 1.807) is 0 Å². The molecule has 1 aliphatic rings. The Labute approximate surface area is 373 Å². The summed E-state index contributed by atoms with van der Waals surface area (Å²) in [6.07, 6.45) is 0. The summed E-state index contributed by atoms with van der Waals surface area (Å²) in [7, 11) is 0. The first-order valence-electron chi connectivity index (χ1n) is 22.1. The van der Waals surface area contributed by atoms with Gasteiger partial charge < -0.3 is 9.30 Å². The van der Waals surface area contributed by atoms with E-state index in [4.69, 9.17) is 14.7 Å². The molecule has 0 radical (unpaired) electrons. The van der Waals surface area contributed by atoms with E-state index in [9.17, 15) is 0 Å². The number of nitrogens with zero attached hydrogens (tertiary/aromatic N) is 4. The number of rotatable bonds is 5. The minimum Gasteiger partial charge on any atom is -0.456 e. The third kappa shape index (κ3) is 5.39. The zero-order valence-electron chi connectivity index (χ0n) is 35.0. The monoisotopic (exact) mass is 828 g/mol. The van der Waals surface area contributed by atoms with Crippen LogP contribution < -0.4 is 4.74 Å². The van der Waals surface area contributed by atoms with Crippen molar-refractivity contribution >= 4 is 65.3 Å². The van der Waals surface area contributed by atoms with Crippen molar-refractivity contribution in [2.75, 3.05) is 0 Å². The van der Waals surface area contributed by atoms with E-state index in [0.717, 1.165) is 94.3 Å². The van der Waals surface area contributed by atoms with Crippen molar-refractivity contribution in [3.05, 3.63) is 218 Å². The molecule has 0 spiro atoms. The molecule has 0 bridgehead atoms. The van der Waals surface area contributed by atoms with Gasteiger partial charge in [-0.25, -0.2) is 9.97 Å². The van der Waals surface area contributed by atoms with Crippen LogP contribution in [0.4, 0.5) is 0 Å². The van der Waals surface area contributed by atoms with Crippen LogP contribution in [0.5, 0.6) is 11.5 Å². The van der Waals surface area contributed by atoms with Crippen LogP contribution in [0, 0.1) is 0 Å². The van der Waals surface area contributed by atoms with Gasteiger partial charge in [0.05, 0.1) is 33.3 Å². The maximum absolute atomic E-state index is 6.60. The lowest BCUT2D eigenvalue weighted by Gasteiger charge is -2.22. The zero-order valence-corrected chi connectivity index (χ0v) is 35.0. The molecule has 1 aliphatic heterocycles. The zero-order chi connectivity index (χ0) is 42.6. The van der Waals surface area contributed by atoms with Crippen LogP contribution in [0.3, 0.4) is 0 Å². The highest BCUT2D eigenvalue weighted by Gasteiger charge is 2.25. The summed E-state index contributed by atoms with van der Waals surface area (Å²) >= 11 is 0. The van der Waals surface area contributed by atoms with E-state index in [2.05, 4.69) is 209 Å². The highest BCUT2D eigenvalue weighted by atomic mass is 16.5. The van der Waals surface area contributed by atoms with Gasteiger partial charge in [0.25, 0.3) is 0 Å². The van der Waals surface area contributed by atoms with E-state index in [1.165, 1.54) is 32.8 Å². The highest BCUT2D eigenvalue weighted by molar-refractivity contribution is 6.26. The maximum Gasteiger partial charge on any atom is 0.235 e. The van der Waals surface area contributed by atoms with Crippen LogP contribution >= 0.6 is 0 Å². The summed E-state index contributed by atoms with van der Waals surface area (Å²) in [5.74, 6) is 2.41. The predicted molar refractivity (Wildman–Crippen MR) is 268 cm³/mol. The number of aromatic nitrogens is 4. The Morgan fingerprint density at radius 1 is 0.323 bits per heavy atom. The van der Waals surface area contributed by atoms with Gasteiger partial charge in [-0.3, -0.25) is 4.57 Å². The van der Waals surface area contributed by atoms with Crippen LogP contribution in [-0.4, -0.2) is 19.1 Å². The van der Waals surface area contributed by atoms with Gasteiger partial charge in [-0.1, -0.05) is 152 Å². The number of fused-ring (bicyclic) bond motifs is 10. The first-order valence-corrected chi connectivity index (χ1v) is 22.1. The van der Waals surface area contributed by atoms with E-state index < -0.39 is 0 Å². The molecular weight excluding hydrogens is 793 g/mol. The largest absolute Gasteiger partial charge is 0.456 e. The highest BCUT2D eigenvalue weighted by Crippen LogP contribution is 2.51. The van der Waals surface area contributed by atoms with E-state index in [-0.39, 0.29) is 0 Å². The molecule has 0 fully saturated rings. The molecule has 14 rings (SSSR count). The van der Waals surface area contributed by atoms with Gasteiger partial charge in [0, 0.05) is 49.1 Å². The fourth-order valence-corrected chi connectivity index (χ4v) is 10.4. The molecule has 3 aromatic heterocycles. The molecule has 0 aliphatic carbocycles. The fraction of sp³-hybridized carbons (Fsp3) is 0. The molecule has 4 heterocycles. The minimum atomic E-state index is 0.650. The van der Waals surface area contributed by atoms with Crippen LogP contribution in [-0.2, 0) is 0 Å². The summed E-state index contributed by atoms with van der Waals surface area (Å²) in [4.78, 5) is 10.5. The van der Waals surface area contributed by atoms with E-state index in [0.29, 0.717) is 5.95 Å². The molecule has 0 saturated heterocycles. The van der Waals surface area contributed by atoms with Gasteiger partial charge in [0.2, 0.25) is 5.95 Å². The van der Waals surface area contributed by atoms with Crippen molar-refractivity contribution in [1.29, 1.82) is 0 Å². The topological polar surface area (TPSA) is 44.9 Å². The Hall–Kier alpha value is -8.80. The Bertz CT molecular complexity index is 4090. The van der Waals surface area contributed by atoms with E-state index in [1.807, 2.05) is 18.2 Å². The number of para-hydroxylation sites is 3. The molecular formula is C60H36N4O. The minimum absolute atomic E-state index is 0.650. The van der Waals surface area contributed by atoms with Gasteiger partial charge in [-0.05, 0) is 99.9 Å². The molecule has 5 nitrogen and oxygen atoms in total. The van der Waals surface area contributed by atoms with Crippen molar-refractivity contribution in [2.45, 2.75) is 0 Å². The number of benzene rings is 10. The van der Waals surface area contributed by atoms with Crippen molar-refractivity contribution in [1.82, 2.24) is 19.1 Å². The van der Waals surface area contributed by atoms with Crippen molar-refractivity contribution in [3.8, 4) is 67.8 Å². The SMILES string of the molecule is c1ccc(-c2cccc(-n3c4ccc(-c5ccc6c(c5)c5ccccc5n6-c5nc(-c6ccccc6)c6ccccc6n5)cc4c4c5cccc6c5c(cc43)-c3ccccc3O6)c2)cc1. The molecule has 0 amide bonds. The lowest BCUT2D eigenvalue weighted by atomic mass is 9.91. The van der Waals surface area contributed by atoms with Gasteiger partial charge in [-0.15, -0.1) is 0 Å². The smallest absolute Gasteiger partial charge is 0.235 e. The van der Waals surface area contributed by atoms with Gasteiger partial charge in [0.15, 0.2) is 0 Å². The predicted octanol–water partition coefficient (Wildman–Crippen LogP) is 15.8. The molecule has 0 unspecified atom stereocenters. The summed E-state index contributed by atoms with van der Waals surface area (Å²) < 4.78 is 11.3. The second kappa shape index (κ2) is 13.9. The molecule has 302 valence electrons. The van der Waals surface area contributed by atoms with Crippen LogP contribution in [0.15, 0.2) is 218 Å². The van der Waals surface area contributed by atoms with Crippen molar-refractivity contribution in [3.63, 3.8) is 0 Å². The third-order valence-electron chi connectivity index (χ3n) is 13.3. The molecule has 65 heavy (non-hydrogen) atoms. The number of hydrogen-bond donors (Lipinski definition) is 0. The molecule has 10 aromatic carbocycles. The third-order valence-corrected chi connectivity index (χ3v) is 13.3. The standard InChI is InChI=1S/C60H36N4O/c1-3-15-37(16-4-1)39-19-13-20-42(33-39)63-53-32-30-41(35-49(53)57-46-24-14-28-56-58(46)48(36-54(57)63)44-22-9-12-27-55(44)65-56)40-29-31-52-47(34-40)43-21-8-11-26-51(43)64(52)60-61-50-25-10-7-23-45(50)59(62-60)38-17-5-2-6-18-38/h1-36H. The number of hydrogen-bond acceptors (Lipinski definition) is 3. The van der Waals surface area contributed by atoms with Gasteiger partial charge in [0.1, 0.15) is 11.5 Å². The second-order valence-electron chi connectivity index (χ2n) is 16.9. The Balaban J connectivity index is 1.00.